The minimum atomic E-state index is -0.731. The third-order valence-electron chi connectivity index (χ3n) is 4.99. The summed E-state index contributed by atoms with van der Waals surface area (Å²) >= 11 is 0. The lowest BCUT2D eigenvalue weighted by Gasteiger charge is -2.32. The molecular formula is C18H34N2O4. The van der Waals surface area contributed by atoms with Crippen LogP contribution < -0.4 is 0 Å². The van der Waals surface area contributed by atoms with Crippen molar-refractivity contribution in [1.82, 2.24) is 9.80 Å². The molecule has 2 aliphatic rings. The van der Waals surface area contributed by atoms with Crippen molar-refractivity contribution >= 4 is 6.09 Å². The molecule has 0 aromatic heterocycles. The van der Waals surface area contributed by atoms with Crippen LogP contribution in [0.15, 0.2) is 0 Å². The smallest absolute Gasteiger partial charge is 0.410 e. The van der Waals surface area contributed by atoms with Gasteiger partial charge in [0.2, 0.25) is 0 Å². The Hall–Kier alpha value is -0.850. The van der Waals surface area contributed by atoms with Crippen LogP contribution >= 0.6 is 0 Å². The Morgan fingerprint density at radius 2 is 2.00 bits per heavy atom. The predicted octanol–water partition coefficient (Wildman–Crippen LogP) is 1.84. The average molecular weight is 342 g/mol. The van der Waals surface area contributed by atoms with E-state index in [2.05, 4.69) is 4.90 Å². The second-order valence-electron chi connectivity index (χ2n) is 8.45. The molecule has 6 nitrogen and oxygen atoms in total. The second kappa shape index (κ2) is 8.02. The van der Waals surface area contributed by atoms with Gasteiger partial charge in [0.1, 0.15) is 5.60 Å². The van der Waals surface area contributed by atoms with E-state index < -0.39 is 11.2 Å². The van der Waals surface area contributed by atoms with Gasteiger partial charge >= 0.3 is 6.09 Å². The molecule has 2 aliphatic heterocycles. The van der Waals surface area contributed by atoms with E-state index in [4.69, 9.17) is 9.84 Å². The van der Waals surface area contributed by atoms with Crippen LogP contribution in [0.5, 0.6) is 0 Å². The van der Waals surface area contributed by atoms with E-state index >= 15 is 0 Å². The number of hydrogen-bond donors (Lipinski definition) is 2. The monoisotopic (exact) mass is 342 g/mol. The van der Waals surface area contributed by atoms with Crippen molar-refractivity contribution in [3.63, 3.8) is 0 Å². The first-order valence-electron chi connectivity index (χ1n) is 9.24. The Morgan fingerprint density at radius 1 is 1.25 bits per heavy atom. The lowest BCUT2D eigenvalue weighted by Crippen LogP contribution is -2.43. The molecule has 2 atom stereocenters. The number of rotatable bonds is 4. The summed E-state index contributed by atoms with van der Waals surface area (Å²) < 4.78 is 5.45. The number of likely N-dealkylation sites (tertiary alicyclic amines) is 2. The fraction of sp³-hybridized carbons (Fsp3) is 0.944. The number of β-amino-alcohol motifs (C(OH)–C–C–N with tert-alkyl or cyclic N) is 1. The zero-order chi connectivity index (χ0) is 17.8. The molecule has 0 spiro atoms. The number of carbonyl (C=O) groups is 1. The van der Waals surface area contributed by atoms with Crippen molar-refractivity contribution in [3.05, 3.63) is 0 Å². The number of aliphatic hydroxyl groups is 2. The van der Waals surface area contributed by atoms with Crippen LogP contribution in [0.25, 0.3) is 0 Å². The second-order valence-corrected chi connectivity index (χ2v) is 8.45. The van der Waals surface area contributed by atoms with Gasteiger partial charge in [-0.05, 0) is 65.3 Å². The summed E-state index contributed by atoms with van der Waals surface area (Å²) in [6.07, 6.45) is 3.77. The molecule has 1 amide bonds. The van der Waals surface area contributed by atoms with Gasteiger partial charge in [-0.1, -0.05) is 0 Å². The summed E-state index contributed by atoms with van der Waals surface area (Å²) in [6.45, 7) is 9.65. The van der Waals surface area contributed by atoms with Crippen molar-refractivity contribution in [2.75, 3.05) is 39.3 Å². The number of hydrogen-bond acceptors (Lipinski definition) is 5. The SMILES string of the molecule is CC(C)(C)OC(=O)N1CCC[C@](O)(CN2CC[C@H](CCO)C2)CC1. The molecule has 0 aromatic rings. The standard InChI is InChI=1S/C18H34N2O4/c1-17(2,3)24-16(22)20-9-4-7-18(23,8-11-20)14-19-10-5-15(13-19)6-12-21/h15,21,23H,4-14H2,1-3H3/t15-,18-/m1/s1. The highest BCUT2D eigenvalue weighted by Crippen LogP contribution is 2.28. The first kappa shape index (κ1) is 19.5. The molecule has 0 aromatic carbocycles. The normalized spacial score (nSPS) is 29.5. The van der Waals surface area contributed by atoms with Crippen molar-refractivity contribution in [1.29, 1.82) is 0 Å². The topological polar surface area (TPSA) is 73.2 Å². The highest BCUT2D eigenvalue weighted by molar-refractivity contribution is 5.68. The fourth-order valence-electron chi connectivity index (χ4n) is 3.74. The zero-order valence-electron chi connectivity index (χ0n) is 15.5. The molecule has 2 rings (SSSR count). The van der Waals surface area contributed by atoms with Gasteiger partial charge in [-0.2, -0.15) is 0 Å². The molecule has 0 unspecified atom stereocenters. The summed E-state index contributed by atoms with van der Waals surface area (Å²) in [6, 6.07) is 0. The minimum absolute atomic E-state index is 0.244. The molecule has 6 heteroatoms. The van der Waals surface area contributed by atoms with Gasteiger partial charge in [0.15, 0.2) is 0 Å². The van der Waals surface area contributed by atoms with Gasteiger partial charge in [0.25, 0.3) is 0 Å². The van der Waals surface area contributed by atoms with Crippen molar-refractivity contribution < 1.29 is 19.7 Å². The molecule has 140 valence electrons. The Bertz CT molecular complexity index is 424. The maximum absolute atomic E-state index is 12.2. The quantitative estimate of drug-likeness (QED) is 0.816. The van der Waals surface area contributed by atoms with E-state index in [1.165, 1.54) is 0 Å². The van der Waals surface area contributed by atoms with E-state index in [0.29, 0.717) is 38.4 Å². The van der Waals surface area contributed by atoms with Crippen LogP contribution in [0.4, 0.5) is 4.79 Å². The van der Waals surface area contributed by atoms with Crippen LogP contribution in [0, 0.1) is 5.92 Å². The first-order valence-corrected chi connectivity index (χ1v) is 9.24. The Morgan fingerprint density at radius 3 is 2.67 bits per heavy atom. The predicted molar refractivity (Wildman–Crippen MR) is 92.9 cm³/mol. The van der Waals surface area contributed by atoms with Crippen LogP contribution in [0.3, 0.4) is 0 Å². The van der Waals surface area contributed by atoms with Gasteiger partial charge in [-0.3, -0.25) is 0 Å². The first-order chi connectivity index (χ1) is 11.2. The third kappa shape index (κ3) is 5.90. The van der Waals surface area contributed by atoms with E-state index in [9.17, 15) is 9.90 Å². The molecule has 0 bridgehead atoms. The molecular weight excluding hydrogens is 308 g/mol. The Kier molecular flexibility index (Phi) is 6.51. The Balaban J connectivity index is 1.84. The summed E-state index contributed by atoms with van der Waals surface area (Å²) in [7, 11) is 0. The lowest BCUT2D eigenvalue weighted by molar-refractivity contribution is -0.00623. The molecule has 2 saturated heterocycles. The highest BCUT2D eigenvalue weighted by Gasteiger charge is 2.36. The van der Waals surface area contributed by atoms with Crippen LogP contribution in [0.1, 0.15) is 52.9 Å². The van der Waals surface area contributed by atoms with Gasteiger partial charge in [-0.15, -0.1) is 0 Å². The fourth-order valence-corrected chi connectivity index (χ4v) is 3.74. The molecule has 0 saturated carbocycles. The molecule has 2 N–H and O–H groups in total. The summed E-state index contributed by atoms with van der Waals surface area (Å²) in [4.78, 5) is 16.3. The average Bonchev–Trinajstić information content (AvgIpc) is 2.77. The maximum atomic E-state index is 12.2. The molecule has 24 heavy (non-hydrogen) atoms. The third-order valence-corrected chi connectivity index (χ3v) is 4.99. The van der Waals surface area contributed by atoms with E-state index in [1.807, 2.05) is 20.8 Å². The van der Waals surface area contributed by atoms with E-state index in [0.717, 1.165) is 32.4 Å². The van der Waals surface area contributed by atoms with Crippen molar-refractivity contribution in [3.8, 4) is 0 Å². The molecule has 0 aliphatic carbocycles. The molecule has 2 fully saturated rings. The highest BCUT2D eigenvalue weighted by atomic mass is 16.6. The summed E-state index contributed by atoms with van der Waals surface area (Å²) in [5, 5.41) is 20.1. The number of aliphatic hydroxyl groups excluding tert-OH is 1. The number of nitrogens with zero attached hydrogens (tertiary/aromatic N) is 2. The largest absolute Gasteiger partial charge is 0.444 e. The molecule has 2 heterocycles. The van der Waals surface area contributed by atoms with Crippen molar-refractivity contribution in [2.24, 2.45) is 5.92 Å². The van der Waals surface area contributed by atoms with Gasteiger partial charge in [0, 0.05) is 32.8 Å². The van der Waals surface area contributed by atoms with Crippen LogP contribution in [-0.4, -0.2) is 76.6 Å². The Labute approximate surface area is 145 Å². The molecule has 0 radical (unpaired) electrons. The summed E-state index contributed by atoms with van der Waals surface area (Å²) in [5.41, 5.74) is -1.22. The zero-order valence-corrected chi connectivity index (χ0v) is 15.5. The summed E-state index contributed by atoms with van der Waals surface area (Å²) in [5.74, 6) is 0.544. The van der Waals surface area contributed by atoms with E-state index in [1.54, 1.807) is 4.90 Å². The van der Waals surface area contributed by atoms with Gasteiger partial charge in [-0.25, -0.2) is 4.79 Å². The number of carbonyl (C=O) groups excluding carboxylic acids is 1. The number of amides is 1. The van der Waals surface area contributed by atoms with Gasteiger partial charge in [0.05, 0.1) is 5.60 Å². The van der Waals surface area contributed by atoms with Crippen LogP contribution in [0.2, 0.25) is 0 Å². The number of ether oxygens (including phenoxy) is 1. The maximum Gasteiger partial charge on any atom is 0.410 e. The minimum Gasteiger partial charge on any atom is -0.444 e. The van der Waals surface area contributed by atoms with Gasteiger partial charge < -0.3 is 24.7 Å². The van der Waals surface area contributed by atoms with Crippen LogP contribution in [-0.2, 0) is 4.74 Å². The van der Waals surface area contributed by atoms with Crippen molar-refractivity contribution in [2.45, 2.75) is 64.1 Å². The lowest BCUT2D eigenvalue weighted by atomic mass is 9.94. The van der Waals surface area contributed by atoms with E-state index in [-0.39, 0.29) is 12.7 Å².